The van der Waals surface area contributed by atoms with Crippen LogP contribution in [0.5, 0.6) is 0 Å². The van der Waals surface area contributed by atoms with E-state index in [4.69, 9.17) is 0 Å². The van der Waals surface area contributed by atoms with E-state index < -0.39 is 0 Å². The third-order valence-electron chi connectivity index (χ3n) is 4.03. The maximum absolute atomic E-state index is 9.98. The van der Waals surface area contributed by atoms with E-state index in [1.54, 1.807) is 0 Å². The van der Waals surface area contributed by atoms with E-state index in [2.05, 4.69) is 18.2 Å². The van der Waals surface area contributed by atoms with Crippen LogP contribution in [0.2, 0.25) is 6.32 Å². The Hall–Kier alpha value is -0.755. The molecule has 1 saturated carbocycles. The lowest BCUT2D eigenvalue weighted by Gasteiger charge is -2.19. The quantitative estimate of drug-likeness (QED) is 0.764. The summed E-state index contributed by atoms with van der Waals surface area (Å²) in [6.45, 7) is -0.204. The molecule has 0 spiro atoms. The molecule has 1 aliphatic carbocycles. The predicted molar refractivity (Wildman–Crippen MR) is 68.2 cm³/mol. The predicted octanol–water partition coefficient (Wildman–Crippen LogP) is 2.17. The van der Waals surface area contributed by atoms with Crippen molar-refractivity contribution < 1.29 is 5.02 Å². The van der Waals surface area contributed by atoms with Gasteiger partial charge in [-0.3, -0.25) is 0 Å². The summed E-state index contributed by atoms with van der Waals surface area (Å²) in [5.41, 5.74) is 4.00. The van der Waals surface area contributed by atoms with Crippen molar-refractivity contribution in [3.63, 3.8) is 0 Å². The van der Waals surface area contributed by atoms with Gasteiger partial charge in [0.25, 0.3) is 0 Å². The molecule has 0 unspecified atom stereocenters. The van der Waals surface area contributed by atoms with Gasteiger partial charge in [-0.2, -0.15) is 0 Å². The van der Waals surface area contributed by atoms with Crippen LogP contribution in [0.25, 0.3) is 0 Å². The summed E-state index contributed by atoms with van der Waals surface area (Å²) >= 11 is 0. The summed E-state index contributed by atoms with van der Waals surface area (Å²) in [6, 6.07) is 6.75. The molecule has 0 amide bonds. The topological polar surface area (TPSA) is 20.2 Å². The van der Waals surface area contributed by atoms with Crippen LogP contribution in [0, 0.1) is 5.92 Å². The molecule has 1 nitrogen and oxygen atoms in total. The van der Waals surface area contributed by atoms with E-state index in [0.717, 1.165) is 25.1 Å². The van der Waals surface area contributed by atoms with Crippen LogP contribution in [-0.4, -0.2) is 11.9 Å². The molecular weight excluding hydrogens is 195 g/mol. The molecule has 1 aromatic rings. The molecule has 0 radical (unpaired) electrons. The van der Waals surface area contributed by atoms with Crippen LogP contribution < -0.4 is 5.46 Å². The van der Waals surface area contributed by atoms with Crippen molar-refractivity contribution in [1.29, 1.82) is 0 Å². The summed E-state index contributed by atoms with van der Waals surface area (Å²) in [6.07, 6.45) is 8.64. The zero-order valence-electron chi connectivity index (χ0n) is 9.78. The first kappa shape index (κ1) is 10.4. The Morgan fingerprint density at radius 3 is 3.00 bits per heavy atom. The molecule has 1 aliphatic heterocycles. The lowest BCUT2D eigenvalue weighted by atomic mass is 9.53. The largest absolute Gasteiger partial charge is 0.446 e. The van der Waals surface area contributed by atoms with Gasteiger partial charge in [-0.05, 0) is 42.5 Å². The van der Waals surface area contributed by atoms with Crippen molar-refractivity contribution in [3.05, 3.63) is 29.3 Å². The molecule has 3 rings (SSSR count). The zero-order valence-corrected chi connectivity index (χ0v) is 9.78. The lowest BCUT2D eigenvalue weighted by molar-refractivity contribution is 0.574. The highest BCUT2D eigenvalue weighted by Crippen LogP contribution is 2.33. The van der Waals surface area contributed by atoms with Crippen LogP contribution >= 0.6 is 0 Å². The Kier molecular flexibility index (Phi) is 2.76. The maximum Gasteiger partial charge on any atom is 0.323 e. The third-order valence-corrected chi connectivity index (χ3v) is 4.03. The monoisotopic (exact) mass is 214 g/mol. The highest BCUT2D eigenvalue weighted by Gasteiger charge is 2.23. The van der Waals surface area contributed by atoms with Gasteiger partial charge in [-0.15, -0.1) is 0 Å². The first-order chi connectivity index (χ1) is 7.83. The summed E-state index contributed by atoms with van der Waals surface area (Å²) in [5.74, 6) is 1.00. The second-order valence-electron chi connectivity index (χ2n) is 5.42. The van der Waals surface area contributed by atoms with Crippen LogP contribution in [0.1, 0.15) is 36.8 Å². The highest BCUT2D eigenvalue weighted by atomic mass is 16.2. The van der Waals surface area contributed by atoms with Crippen molar-refractivity contribution in [2.75, 3.05) is 0 Å². The molecule has 2 aliphatic rings. The van der Waals surface area contributed by atoms with Crippen molar-refractivity contribution in [2.45, 2.75) is 44.8 Å². The number of fused-ring (bicyclic) bond motifs is 1. The van der Waals surface area contributed by atoms with Gasteiger partial charge in [-0.25, -0.2) is 0 Å². The van der Waals surface area contributed by atoms with Crippen LogP contribution in [0.4, 0.5) is 0 Å². The van der Waals surface area contributed by atoms with Gasteiger partial charge in [0.15, 0.2) is 0 Å². The Balaban J connectivity index is 1.76. The van der Waals surface area contributed by atoms with Crippen LogP contribution in [0.15, 0.2) is 18.2 Å². The maximum atomic E-state index is 9.98. The minimum Gasteiger partial charge on any atom is -0.446 e. The minimum atomic E-state index is -0.204. The summed E-state index contributed by atoms with van der Waals surface area (Å²) in [5, 5.41) is 9.98. The number of rotatable bonds is 3. The normalized spacial score (nSPS) is 19.7. The van der Waals surface area contributed by atoms with Gasteiger partial charge in [-0.1, -0.05) is 43.0 Å². The minimum absolute atomic E-state index is 0.204. The molecule has 1 aromatic carbocycles. The van der Waals surface area contributed by atoms with Gasteiger partial charge < -0.3 is 5.02 Å². The molecule has 0 aromatic heterocycles. The number of benzene rings is 1. The fourth-order valence-corrected chi connectivity index (χ4v) is 2.76. The molecule has 1 heterocycles. The number of hydrogen-bond acceptors (Lipinski definition) is 1. The molecule has 0 atom stereocenters. The van der Waals surface area contributed by atoms with Gasteiger partial charge in [0.2, 0.25) is 0 Å². The van der Waals surface area contributed by atoms with E-state index >= 15 is 0 Å². The third kappa shape index (κ3) is 2.17. The zero-order chi connectivity index (χ0) is 11.0. The smallest absolute Gasteiger partial charge is 0.323 e. The molecule has 1 N–H and O–H groups in total. The van der Waals surface area contributed by atoms with E-state index in [9.17, 15) is 5.02 Å². The SMILES string of the molecule is OB1CCCc2ccc(CCC3CC3)cc21. The van der Waals surface area contributed by atoms with Gasteiger partial charge in [0.1, 0.15) is 0 Å². The Labute approximate surface area is 98.0 Å². The first-order valence-electron chi connectivity index (χ1n) is 6.63. The fourth-order valence-electron chi connectivity index (χ4n) is 2.76. The summed E-state index contributed by atoms with van der Waals surface area (Å²) in [7, 11) is 0. The first-order valence-corrected chi connectivity index (χ1v) is 6.63. The lowest BCUT2D eigenvalue weighted by Crippen LogP contribution is -2.36. The van der Waals surface area contributed by atoms with Crippen molar-refractivity contribution in [3.8, 4) is 0 Å². The van der Waals surface area contributed by atoms with Gasteiger partial charge in [0, 0.05) is 0 Å². The summed E-state index contributed by atoms with van der Waals surface area (Å²) < 4.78 is 0. The summed E-state index contributed by atoms with van der Waals surface area (Å²) in [4.78, 5) is 0. The molecular formula is C14H19BO. The van der Waals surface area contributed by atoms with Crippen molar-refractivity contribution in [1.82, 2.24) is 0 Å². The average molecular weight is 214 g/mol. The Morgan fingerprint density at radius 2 is 2.19 bits per heavy atom. The second-order valence-corrected chi connectivity index (χ2v) is 5.42. The molecule has 0 bridgehead atoms. The Bertz CT molecular complexity index is 384. The standard InChI is InChI=1S/C14H19BO/c16-15-9-1-2-13-8-7-12(10-14(13)15)6-5-11-3-4-11/h7-8,10-11,16H,1-6,9H2. The Morgan fingerprint density at radius 1 is 1.31 bits per heavy atom. The highest BCUT2D eigenvalue weighted by molar-refractivity contribution is 6.67. The van der Waals surface area contributed by atoms with Crippen LogP contribution in [0.3, 0.4) is 0 Å². The van der Waals surface area contributed by atoms with Crippen LogP contribution in [-0.2, 0) is 12.8 Å². The number of hydrogen-bond donors (Lipinski definition) is 1. The van der Waals surface area contributed by atoms with Crippen molar-refractivity contribution >= 4 is 12.4 Å². The van der Waals surface area contributed by atoms with E-state index in [1.807, 2.05) is 0 Å². The molecule has 1 fully saturated rings. The van der Waals surface area contributed by atoms with E-state index in [-0.39, 0.29) is 6.92 Å². The molecule has 84 valence electrons. The molecule has 0 saturated heterocycles. The average Bonchev–Trinajstić information content (AvgIpc) is 3.11. The van der Waals surface area contributed by atoms with Gasteiger partial charge >= 0.3 is 6.92 Å². The van der Waals surface area contributed by atoms with E-state index in [1.165, 1.54) is 42.3 Å². The second kappa shape index (κ2) is 4.25. The van der Waals surface area contributed by atoms with E-state index in [0.29, 0.717) is 0 Å². The molecule has 16 heavy (non-hydrogen) atoms. The number of aryl methyl sites for hydroxylation is 2. The van der Waals surface area contributed by atoms with Gasteiger partial charge in [0.05, 0.1) is 0 Å². The molecule has 2 heteroatoms. The van der Waals surface area contributed by atoms with Crippen molar-refractivity contribution in [2.24, 2.45) is 5.92 Å². The fraction of sp³-hybridized carbons (Fsp3) is 0.571.